The normalized spacial score (nSPS) is 20.4. The molecule has 2 heterocycles. The summed E-state index contributed by atoms with van der Waals surface area (Å²) in [6.45, 7) is -0.260. The van der Waals surface area contributed by atoms with Gasteiger partial charge in [-0.1, -0.05) is 0 Å². The van der Waals surface area contributed by atoms with E-state index in [-0.39, 0.29) is 24.5 Å². The highest BCUT2D eigenvalue weighted by molar-refractivity contribution is 5.97. The number of ether oxygens (including phenoxy) is 1. The monoisotopic (exact) mass is 275 g/mol. The predicted molar refractivity (Wildman–Crippen MR) is 60.8 cm³/mol. The minimum Gasteiger partial charge on any atom is -0.365 e. The molecule has 1 aromatic rings. The molecule has 0 bridgehead atoms. The molecule has 1 fully saturated rings. The molecule has 2 rings (SSSR count). The molecule has 1 aliphatic heterocycles. The molecule has 8 heteroatoms. The lowest BCUT2D eigenvalue weighted by Crippen LogP contribution is -2.50. The van der Waals surface area contributed by atoms with Gasteiger partial charge in [-0.2, -0.15) is 13.2 Å². The Balaban J connectivity index is 2.25. The number of alkyl halides is 3. The Morgan fingerprint density at radius 2 is 2.26 bits per heavy atom. The van der Waals surface area contributed by atoms with E-state index >= 15 is 0 Å². The number of morpholine rings is 1. The van der Waals surface area contributed by atoms with Crippen LogP contribution >= 0.6 is 0 Å². The van der Waals surface area contributed by atoms with Gasteiger partial charge in [-0.3, -0.25) is 4.79 Å². The van der Waals surface area contributed by atoms with Crippen LogP contribution in [-0.4, -0.2) is 42.9 Å². The van der Waals surface area contributed by atoms with Crippen LogP contribution in [0.3, 0.4) is 0 Å². The van der Waals surface area contributed by atoms with Crippen molar-refractivity contribution in [2.24, 2.45) is 5.73 Å². The molecule has 19 heavy (non-hydrogen) atoms. The van der Waals surface area contributed by atoms with Crippen LogP contribution in [-0.2, 0) is 4.74 Å². The zero-order valence-electron chi connectivity index (χ0n) is 9.85. The van der Waals surface area contributed by atoms with Crippen molar-refractivity contribution in [1.82, 2.24) is 4.98 Å². The van der Waals surface area contributed by atoms with Gasteiger partial charge in [-0.05, 0) is 12.1 Å². The van der Waals surface area contributed by atoms with Crippen LogP contribution in [0.2, 0.25) is 0 Å². The zero-order chi connectivity index (χ0) is 14.0. The second kappa shape index (κ2) is 5.04. The third-order valence-electron chi connectivity index (χ3n) is 2.78. The standard InChI is InChI=1S/C11H12F3N3O2/c12-11(13,14)8-6-17(4-5-19-8)10-7(9(15)18)2-1-3-16-10/h1-3,8H,4-6H2,(H2,15,18)/t8-/m1/s1. The molecule has 1 aromatic heterocycles. The number of carbonyl (C=O) groups excluding carboxylic acids is 1. The Bertz CT molecular complexity index is 478. The maximum Gasteiger partial charge on any atom is 0.416 e. The van der Waals surface area contributed by atoms with Crippen molar-refractivity contribution in [3.63, 3.8) is 0 Å². The number of hydrogen-bond acceptors (Lipinski definition) is 4. The number of aromatic nitrogens is 1. The molecule has 0 radical (unpaired) electrons. The van der Waals surface area contributed by atoms with E-state index in [1.807, 2.05) is 0 Å². The highest BCUT2D eigenvalue weighted by Gasteiger charge is 2.43. The van der Waals surface area contributed by atoms with Crippen molar-refractivity contribution in [2.45, 2.75) is 12.3 Å². The topological polar surface area (TPSA) is 68.5 Å². The van der Waals surface area contributed by atoms with Gasteiger partial charge in [-0.15, -0.1) is 0 Å². The summed E-state index contributed by atoms with van der Waals surface area (Å²) in [5.74, 6) is -0.564. The number of rotatable bonds is 2. The lowest BCUT2D eigenvalue weighted by molar-refractivity contribution is -0.221. The summed E-state index contributed by atoms with van der Waals surface area (Å²) in [4.78, 5) is 16.6. The van der Waals surface area contributed by atoms with Crippen molar-refractivity contribution < 1.29 is 22.7 Å². The fourth-order valence-corrected chi connectivity index (χ4v) is 1.88. The summed E-state index contributed by atoms with van der Waals surface area (Å²) in [5.41, 5.74) is 5.28. The van der Waals surface area contributed by atoms with Gasteiger partial charge < -0.3 is 15.4 Å². The molecule has 1 aliphatic rings. The summed E-state index contributed by atoms with van der Waals surface area (Å²) in [6, 6.07) is 2.94. The zero-order valence-corrected chi connectivity index (χ0v) is 9.85. The number of nitrogens with zero attached hydrogens (tertiary/aromatic N) is 2. The number of primary amides is 1. The van der Waals surface area contributed by atoms with Gasteiger partial charge in [0, 0.05) is 12.7 Å². The average molecular weight is 275 g/mol. The fraction of sp³-hybridized carbons (Fsp3) is 0.455. The largest absolute Gasteiger partial charge is 0.416 e. The molecular formula is C11H12F3N3O2. The van der Waals surface area contributed by atoms with Crippen molar-refractivity contribution >= 4 is 11.7 Å². The molecular weight excluding hydrogens is 263 g/mol. The first kappa shape index (κ1) is 13.6. The Morgan fingerprint density at radius 1 is 1.53 bits per heavy atom. The van der Waals surface area contributed by atoms with Gasteiger partial charge >= 0.3 is 6.18 Å². The molecule has 0 spiro atoms. The van der Waals surface area contributed by atoms with Crippen LogP contribution in [0.25, 0.3) is 0 Å². The van der Waals surface area contributed by atoms with E-state index in [9.17, 15) is 18.0 Å². The van der Waals surface area contributed by atoms with E-state index in [0.717, 1.165) is 0 Å². The van der Waals surface area contributed by atoms with Crippen molar-refractivity contribution in [3.05, 3.63) is 23.9 Å². The van der Waals surface area contributed by atoms with Gasteiger partial charge in [0.2, 0.25) is 0 Å². The predicted octanol–water partition coefficient (Wildman–Crippen LogP) is 0.948. The molecule has 2 N–H and O–H groups in total. The SMILES string of the molecule is NC(=O)c1cccnc1N1CCO[C@@H](C(F)(F)F)C1. The summed E-state index contributed by atoms with van der Waals surface area (Å²) < 4.78 is 42.6. The van der Waals surface area contributed by atoms with E-state index in [1.165, 1.54) is 23.2 Å². The van der Waals surface area contributed by atoms with Crippen molar-refractivity contribution in [3.8, 4) is 0 Å². The fourth-order valence-electron chi connectivity index (χ4n) is 1.88. The summed E-state index contributed by atoms with van der Waals surface area (Å²) in [7, 11) is 0. The first-order valence-corrected chi connectivity index (χ1v) is 5.57. The summed E-state index contributed by atoms with van der Waals surface area (Å²) >= 11 is 0. The molecule has 1 saturated heterocycles. The average Bonchev–Trinajstić information content (AvgIpc) is 2.38. The quantitative estimate of drug-likeness (QED) is 0.872. The lowest BCUT2D eigenvalue weighted by Gasteiger charge is -2.35. The molecule has 5 nitrogen and oxygen atoms in total. The highest BCUT2D eigenvalue weighted by Crippen LogP contribution is 2.28. The molecule has 0 unspecified atom stereocenters. The number of halogens is 3. The first-order chi connectivity index (χ1) is 8.89. The van der Waals surface area contributed by atoms with Gasteiger partial charge in [0.25, 0.3) is 5.91 Å². The van der Waals surface area contributed by atoms with E-state index in [2.05, 4.69) is 9.72 Å². The maximum atomic E-state index is 12.6. The van der Waals surface area contributed by atoms with Gasteiger partial charge in [0.15, 0.2) is 6.10 Å². The molecule has 0 aromatic carbocycles. The van der Waals surface area contributed by atoms with Crippen LogP contribution in [0.5, 0.6) is 0 Å². The highest BCUT2D eigenvalue weighted by atomic mass is 19.4. The van der Waals surface area contributed by atoms with Gasteiger partial charge in [0.1, 0.15) is 5.82 Å². The number of anilines is 1. The van der Waals surface area contributed by atoms with Gasteiger partial charge in [0.05, 0.1) is 18.7 Å². The maximum absolute atomic E-state index is 12.6. The molecule has 0 saturated carbocycles. The number of amides is 1. The number of pyridine rings is 1. The van der Waals surface area contributed by atoms with E-state index in [1.54, 1.807) is 0 Å². The Hall–Kier alpha value is -1.83. The molecule has 104 valence electrons. The third-order valence-corrected chi connectivity index (χ3v) is 2.78. The Kier molecular flexibility index (Phi) is 3.61. The van der Waals surface area contributed by atoms with Crippen LogP contribution < -0.4 is 10.6 Å². The van der Waals surface area contributed by atoms with Crippen molar-refractivity contribution in [2.75, 3.05) is 24.6 Å². The van der Waals surface area contributed by atoms with Crippen LogP contribution in [0, 0.1) is 0 Å². The van der Waals surface area contributed by atoms with Crippen LogP contribution in [0.4, 0.5) is 19.0 Å². The number of hydrogen-bond donors (Lipinski definition) is 1. The van der Waals surface area contributed by atoms with Gasteiger partial charge in [-0.25, -0.2) is 4.98 Å². The Morgan fingerprint density at radius 3 is 2.89 bits per heavy atom. The third kappa shape index (κ3) is 2.95. The molecule has 0 aliphatic carbocycles. The summed E-state index contributed by atoms with van der Waals surface area (Å²) in [6.07, 6.45) is -4.93. The van der Waals surface area contributed by atoms with E-state index in [0.29, 0.717) is 0 Å². The second-order valence-electron chi connectivity index (χ2n) is 4.09. The first-order valence-electron chi connectivity index (χ1n) is 5.57. The van der Waals surface area contributed by atoms with Crippen LogP contribution in [0.15, 0.2) is 18.3 Å². The number of carbonyl (C=O) groups is 1. The smallest absolute Gasteiger partial charge is 0.365 e. The second-order valence-corrected chi connectivity index (χ2v) is 4.09. The molecule has 1 atom stereocenters. The minimum atomic E-state index is -4.44. The van der Waals surface area contributed by atoms with E-state index < -0.39 is 24.7 Å². The van der Waals surface area contributed by atoms with Crippen molar-refractivity contribution in [1.29, 1.82) is 0 Å². The van der Waals surface area contributed by atoms with Crippen LogP contribution in [0.1, 0.15) is 10.4 Å². The lowest BCUT2D eigenvalue weighted by atomic mass is 10.2. The Labute approximate surface area is 107 Å². The van der Waals surface area contributed by atoms with E-state index in [4.69, 9.17) is 5.73 Å². The summed E-state index contributed by atoms with van der Waals surface area (Å²) in [5, 5.41) is 0. The minimum absolute atomic E-state index is 0.0844. The molecule has 1 amide bonds. The number of nitrogens with two attached hydrogens (primary N) is 1.